The van der Waals surface area contributed by atoms with Crippen LogP contribution in [0.15, 0.2) is 30.8 Å². The van der Waals surface area contributed by atoms with Crippen molar-refractivity contribution in [2.24, 2.45) is 0 Å². The van der Waals surface area contributed by atoms with Gasteiger partial charge in [0, 0.05) is 12.6 Å². The first-order chi connectivity index (χ1) is 7.00. The van der Waals surface area contributed by atoms with Gasteiger partial charge in [-0.25, -0.2) is 4.79 Å². The van der Waals surface area contributed by atoms with Crippen molar-refractivity contribution in [3.8, 4) is 0 Å². The summed E-state index contributed by atoms with van der Waals surface area (Å²) in [6.07, 6.45) is 0. The van der Waals surface area contributed by atoms with Crippen LogP contribution in [-0.4, -0.2) is 17.0 Å². The lowest BCUT2D eigenvalue weighted by Crippen LogP contribution is -2.06. The van der Waals surface area contributed by atoms with Crippen molar-refractivity contribution in [3.63, 3.8) is 0 Å². The zero-order chi connectivity index (χ0) is 11.4. The Morgan fingerprint density at radius 3 is 2.60 bits per heavy atom. The maximum absolute atomic E-state index is 10.8. The number of rotatable bonds is 3. The monoisotopic (exact) mass is 205 g/mol. The molecule has 2 N–H and O–H groups in total. The minimum Gasteiger partial charge on any atom is -0.478 e. The third kappa shape index (κ3) is 2.95. The highest BCUT2D eigenvalue weighted by Gasteiger charge is 2.07. The van der Waals surface area contributed by atoms with E-state index in [1.54, 1.807) is 24.3 Å². The van der Waals surface area contributed by atoms with E-state index in [1.165, 1.54) is 6.92 Å². The van der Waals surface area contributed by atoms with Crippen molar-refractivity contribution in [3.05, 3.63) is 36.4 Å². The van der Waals surface area contributed by atoms with Crippen LogP contribution >= 0.6 is 0 Å². The smallest absolute Gasteiger partial charge is 0.335 e. The standard InChI is InChI=1S/C11H11NO3/c1-7(11(14)15)9-4-3-5-10(6-9)12-8(2)13/h3-6H,1H2,2H3,(H,12,13)(H,14,15). The average molecular weight is 205 g/mol. The summed E-state index contributed by atoms with van der Waals surface area (Å²) in [7, 11) is 0. The zero-order valence-corrected chi connectivity index (χ0v) is 8.28. The van der Waals surface area contributed by atoms with E-state index < -0.39 is 5.97 Å². The van der Waals surface area contributed by atoms with E-state index in [0.717, 1.165) is 0 Å². The maximum atomic E-state index is 10.8. The number of anilines is 1. The van der Waals surface area contributed by atoms with Gasteiger partial charge in [-0.2, -0.15) is 0 Å². The van der Waals surface area contributed by atoms with Crippen LogP contribution < -0.4 is 5.32 Å². The highest BCUT2D eigenvalue weighted by Crippen LogP contribution is 2.17. The summed E-state index contributed by atoms with van der Waals surface area (Å²) in [5.41, 5.74) is 1.04. The molecule has 4 heteroatoms. The van der Waals surface area contributed by atoms with Gasteiger partial charge < -0.3 is 10.4 Å². The lowest BCUT2D eigenvalue weighted by Gasteiger charge is -2.05. The minimum atomic E-state index is -1.07. The zero-order valence-electron chi connectivity index (χ0n) is 8.28. The van der Waals surface area contributed by atoms with Gasteiger partial charge in [0.2, 0.25) is 5.91 Å². The molecule has 15 heavy (non-hydrogen) atoms. The van der Waals surface area contributed by atoms with Crippen molar-refractivity contribution in [2.45, 2.75) is 6.92 Å². The lowest BCUT2D eigenvalue weighted by molar-refractivity contribution is -0.130. The van der Waals surface area contributed by atoms with Crippen LogP contribution in [0.1, 0.15) is 12.5 Å². The molecule has 4 nitrogen and oxygen atoms in total. The number of carboxylic acid groups (broad SMARTS) is 1. The van der Waals surface area contributed by atoms with Gasteiger partial charge >= 0.3 is 5.97 Å². The van der Waals surface area contributed by atoms with E-state index in [-0.39, 0.29) is 11.5 Å². The first-order valence-corrected chi connectivity index (χ1v) is 4.31. The summed E-state index contributed by atoms with van der Waals surface area (Å²) in [6.45, 7) is 4.82. The predicted octanol–water partition coefficient (Wildman–Crippen LogP) is 1.74. The number of aliphatic carboxylic acids is 1. The van der Waals surface area contributed by atoms with Crippen molar-refractivity contribution in [2.75, 3.05) is 5.32 Å². The van der Waals surface area contributed by atoms with Crippen LogP contribution in [0.25, 0.3) is 5.57 Å². The molecular formula is C11H11NO3. The average Bonchev–Trinajstić information content (AvgIpc) is 2.16. The third-order valence-electron chi connectivity index (χ3n) is 1.79. The lowest BCUT2D eigenvalue weighted by atomic mass is 10.1. The molecule has 0 radical (unpaired) electrons. The molecule has 1 amide bonds. The second-order valence-corrected chi connectivity index (χ2v) is 3.05. The van der Waals surface area contributed by atoms with E-state index in [1.807, 2.05) is 0 Å². The van der Waals surface area contributed by atoms with Gasteiger partial charge in [0.15, 0.2) is 0 Å². The number of nitrogens with one attached hydrogen (secondary N) is 1. The summed E-state index contributed by atoms with van der Waals surface area (Å²) < 4.78 is 0. The molecular weight excluding hydrogens is 194 g/mol. The topological polar surface area (TPSA) is 66.4 Å². The molecule has 78 valence electrons. The van der Waals surface area contributed by atoms with Crippen molar-refractivity contribution in [1.82, 2.24) is 0 Å². The Hall–Kier alpha value is -2.10. The summed E-state index contributed by atoms with van der Waals surface area (Å²) in [5.74, 6) is -1.27. The summed E-state index contributed by atoms with van der Waals surface area (Å²) in [4.78, 5) is 21.4. The third-order valence-corrected chi connectivity index (χ3v) is 1.79. The molecule has 0 saturated heterocycles. The fraction of sp³-hybridized carbons (Fsp3) is 0.0909. The molecule has 0 atom stereocenters. The fourth-order valence-corrected chi connectivity index (χ4v) is 1.11. The number of carboxylic acids is 1. The van der Waals surface area contributed by atoms with Crippen molar-refractivity contribution < 1.29 is 14.7 Å². The second-order valence-electron chi connectivity index (χ2n) is 3.05. The van der Waals surface area contributed by atoms with Gasteiger partial charge in [0.25, 0.3) is 0 Å². The number of carbonyl (C=O) groups excluding carboxylic acids is 1. The summed E-state index contributed by atoms with van der Waals surface area (Å²) >= 11 is 0. The first-order valence-electron chi connectivity index (χ1n) is 4.31. The molecule has 1 aromatic rings. The highest BCUT2D eigenvalue weighted by atomic mass is 16.4. The molecule has 0 fully saturated rings. The Bertz CT molecular complexity index is 424. The molecule has 0 aliphatic rings. The van der Waals surface area contributed by atoms with Gasteiger partial charge in [-0.1, -0.05) is 18.7 Å². The van der Waals surface area contributed by atoms with E-state index in [2.05, 4.69) is 11.9 Å². The van der Waals surface area contributed by atoms with E-state index >= 15 is 0 Å². The molecule has 0 saturated carbocycles. The van der Waals surface area contributed by atoms with Gasteiger partial charge in [-0.15, -0.1) is 0 Å². The molecule has 0 aliphatic heterocycles. The largest absolute Gasteiger partial charge is 0.478 e. The normalized spacial score (nSPS) is 9.40. The van der Waals surface area contributed by atoms with Gasteiger partial charge in [-0.05, 0) is 17.7 Å². The molecule has 0 aliphatic carbocycles. The molecule has 1 aromatic carbocycles. The Labute approximate surface area is 87.2 Å². The van der Waals surface area contributed by atoms with Crippen molar-refractivity contribution in [1.29, 1.82) is 0 Å². The van der Waals surface area contributed by atoms with Crippen LogP contribution in [0.3, 0.4) is 0 Å². The van der Waals surface area contributed by atoms with E-state index in [0.29, 0.717) is 11.3 Å². The number of carbonyl (C=O) groups is 2. The number of hydrogen-bond donors (Lipinski definition) is 2. The van der Waals surface area contributed by atoms with Gasteiger partial charge in [-0.3, -0.25) is 4.79 Å². The molecule has 0 heterocycles. The van der Waals surface area contributed by atoms with E-state index in [4.69, 9.17) is 5.11 Å². The molecule has 0 unspecified atom stereocenters. The Balaban J connectivity index is 2.97. The van der Waals surface area contributed by atoms with Gasteiger partial charge in [0.1, 0.15) is 0 Å². The second kappa shape index (κ2) is 4.41. The number of amides is 1. The Morgan fingerprint density at radius 1 is 1.40 bits per heavy atom. The SMILES string of the molecule is C=C(C(=O)O)c1cccc(NC(C)=O)c1. The van der Waals surface area contributed by atoms with Crippen LogP contribution in [0.2, 0.25) is 0 Å². The maximum Gasteiger partial charge on any atom is 0.335 e. The molecule has 0 bridgehead atoms. The molecule has 0 spiro atoms. The Kier molecular flexibility index (Phi) is 3.23. The number of hydrogen-bond acceptors (Lipinski definition) is 2. The van der Waals surface area contributed by atoms with Crippen LogP contribution in [-0.2, 0) is 9.59 Å². The summed E-state index contributed by atoms with van der Waals surface area (Å²) in [5, 5.41) is 11.3. The fourth-order valence-electron chi connectivity index (χ4n) is 1.11. The minimum absolute atomic E-state index is 0.00204. The van der Waals surface area contributed by atoms with Crippen LogP contribution in [0.4, 0.5) is 5.69 Å². The quantitative estimate of drug-likeness (QED) is 0.738. The van der Waals surface area contributed by atoms with Crippen LogP contribution in [0, 0.1) is 0 Å². The molecule has 0 aromatic heterocycles. The number of benzene rings is 1. The van der Waals surface area contributed by atoms with E-state index in [9.17, 15) is 9.59 Å². The predicted molar refractivity (Wildman–Crippen MR) is 57.4 cm³/mol. The van der Waals surface area contributed by atoms with Crippen molar-refractivity contribution >= 4 is 23.1 Å². The molecule has 1 rings (SSSR count). The summed E-state index contributed by atoms with van der Waals surface area (Å²) in [6, 6.07) is 6.54. The van der Waals surface area contributed by atoms with Gasteiger partial charge in [0.05, 0.1) is 5.57 Å². The Morgan fingerprint density at radius 2 is 2.07 bits per heavy atom. The van der Waals surface area contributed by atoms with Crippen LogP contribution in [0.5, 0.6) is 0 Å². The highest BCUT2D eigenvalue weighted by molar-refractivity contribution is 6.14. The first kappa shape index (κ1) is 11.0.